The summed E-state index contributed by atoms with van der Waals surface area (Å²) in [7, 11) is -2.25. The molecular weight excluding hydrogens is 500 g/mol. The Kier molecular flexibility index (Phi) is 7.07. The summed E-state index contributed by atoms with van der Waals surface area (Å²) in [5, 5.41) is 14.2. The van der Waals surface area contributed by atoms with Crippen LogP contribution in [0.1, 0.15) is 12.8 Å². The number of nitro benzene ring substituents is 1. The summed E-state index contributed by atoms with van der Waals surface area (Å²) in [4.78, 5) is 28.8. The number of carbonyl (C=O) groups excluding carboxylic acids is 1. The van der Waals surface area contributed by atoms with Gasteiger partial charge in [-0.25, -0.2) is 13.4 Å². The maximum absolute atomic E-state index is 13.1. The zero-order valence-corrected chi connectivity index (χ0v) is 20.8. The molecule has 180 valence electrons. The molecule has 13 heteroatoms. The number of thiazole rings is 1. The van der Waals surface area contributed by atoms with Crippen molar-refractivity contribution in [2.24, 2.45) is 5.92 Å². The number of fused-ring (bicyclic) bond motifs is 1. The molecule has 1 aliphatic rings. The lowest BCUT2D eigenvalue weighted by Crippen LogP contribution is -2.41. The van der Waals surface area contributed by atoms with Gasteiger partial charge in [0.2, 0.25) is 15.9 Å². The number of hydrogen-bond donors (Lipinski definition) is 1. The maximum atomic E-state index is 13.1. The summed E-state index contributed by atoms with van der Waals surface area (Å²) in [6, 6.07) is 9.57. The first-order chi connectivity index (χ1) is 16.2. The predicted molar refractivity (Wildman–Crippen MR) is 131 cm³/mol. The summed E-state index contributed by atoms with van der Waals surface area (Å²) in [5.41, 5.74) is 0.310. The predicted octanol–water partition coefficient (Wildman–Crippen LogP) is 3.97. The minimum absolute atomic E-state index is 0.123. The number of non-ortho nitro benzene ring substituents is 1. The largest absolute Gasteiger partial charge is 0.494 e. The minimum Gasteiger partial charge on any atom is -0.494 e. The van der Waals surface area contributed by atoms with Crippen molar-refractivity contribution < 1.29 is 22.9 Å². The molecule has 0 radical (unpaired) electrons. The number of benzene rings is 2. The fourth-order valence-corrected chi connectivity index (χ4v) is 7.35. The summed E-state index contributed by atoms with van der Waals surface area (Å²) < 4.78 is 33.4. The molecule has 4 rings (SSSR count). The van der Waals surface area contributed by atoms with Gasteiger partial charge in [0.05, 0.1) is 27.7 Å². The molecule has 10 nitrogen and oxygen atoms in total. The normalized spacial score (nSPS) is 15.4. The van der Waals surface area contributed by atoms with Gasteiger partial charge >= 0.3 is 0 Å². The second kappa shape index (κ2) is 9.86. The van der Waals surface area contributed by atoms with Crippen LogP contribution in [0, 0.1) is 16.0 Å². The first-order valence-electron chi connectivity index (χ1n) is 10.3. The first-order valence-corrected chi connectivity index (χ1v) is 13.8. The van der Waals surface area contributed by atoms with Crippen molar-refractivity contribution in [3.8, 4) is 5.75 Å². The molecule has 1 aliphatic heterocycles. The van der Waals surface area contributed by atoms with Gasteiger partial charge in [0, 0.05) is 30.0 Å². The van der Waals surface area contributed by atoms with Crippen LogP contribution in [-0.2, 0) is 14.8 Å². The van der Waals surface area contributed by atoms with Gasteiger partial charge in [-0.05, 0) is 31.2 Å². The number of nitrogens with zero attached hydrogens (tertiary/aromatic N) is 3. The van der Waals surface area contributed by atoms with Gasteiger partial charge in [-0.3, -0.25) is 14.9 Å². The molecule has 1 saturated heterocycles. The molecule has 2 heterocycles. The van der Waals surface area contributed by atoms with Crippen LogP contribution in [0.3, 0.4) is 0 Å². The maximum Gasteiger partial charge on any atom is 0.274 e. The van der Waals surface area contributed by atoms with Crippen molar-refractivity contribution in [3.05, 3.63) is 46.5 Å². The number of hydrogen-bond acceptors (Lipinski definition) is 9. The van der Waals surface area contributed by atoms with E-state index in [1.807, 2.05) is 6.26 Å². The van der Waals surface area contributed by atoms with E-state index in [2.05, 4.69) is 10.3 Å². The van der Waals surface area contributed by atoms with Crippen LogP contribution in [0.2, 0.25) is 0 Å². The zero-order valence-electron chi connectivity index (χ0n) is 18.4. The number of thioether (sulfide) groups is 1. The number of carbonyl (C=O) groups is 1. The number of methoxy groups -OCH3 is 1. The topological polar surface area (TPSA) is 132 Å². The van der Waals surface area contributed by atoms with Crippen LogP contribution in [-0.4, -0.2) is 55.0 Å². The molecule has 3 aromatic rings. The highest BCUT2D eigenvalue weighted by atomic mass is 32.2. The summed E-state index contributed by atoms with van der Waals surface area (Å²) in [6.45, 7) is 0.478. The molecular formula is C21H22N4O6S3. The Morgan fingerprint density at radius 1 is 1.29 bits per heavy atom. The number of nitro groups is 1. The molecule has 1 fully saturated rings. The Hall–Kier alpha value is -2.74. The number of piperidine rings is 1. The monoisotopic (exact) mass is 522 g/mol. The molecule has 0 bridgehead atoms. The van der Waals surface area contributed by atoms with Gasteiger partial charge < -0.3 is 10.1 Å². The van der Waals surface area contributed by atoms with Crippen molar-refractivity contribution in [1.29, 1.82) is 0 Å². The number of rotatable bonds is 7. The summed E-state index contributed by atoms with van der Waals surface area (Å²) in [5.74, 6) is -0.371. The van der Waals surface area contributed by atoms with E-state index in [9.17, 15) is 23.3 Å². The van der Waals surface area contributed by atoms with E-state index in [-0.39, 0.29) is 41.2 Å². The van der Waals surface area contributed by atoms with E-state index in [0.717, 1.165) is 11.3 Å². The quantitative estimate of drug-likeness (QED) is 0.280. The van der Waals surface area contributed by atoms with Crippen molar-refractivity contribution >= 4 is 60.1 Å². The van der Waals surface area contributed by atoms with E-state index in [0.29, 0.717) is 33.1 Å². The van der Waals surface area contributed by atoms with E-state index in [1.165, 1.54) is 35.3 Å². The molecule has 0 saturated carbocycles. The number of ether oxygens (including phenoxy) is 1. The molecule has 2 aromatic carbocycles. The highest BCUT2D eigenvalue weighted by molar-refractivity contribution is 7.99. The van der Waals surface area contributed by atoms with E-state index >= 15 is 0 Å². The fraction of sp³-hybridized carbons (Fsp3) is 0.333. The third kappa shape index (κ3) is 4.73. The SMILES string of the molecule is COc1cc([N+](=O)[O-])cc2sc(NC(=O)C3CCN(S(=O)(=O)c4ccccc4SC)CC3)nc12. The molecule has 1 N–H and O–H groups in total. The Balaban J connectivity index is 1.45. The minimum atomic E-state index is -3.65. The molecule has 34 heavy (non-hydrogen) atoms. The van der Waals surface area contributed by atoms with Crippen LogP contribution < -0.4 is 10.1 Å². The number of anilines is 1. The lowest BCUT2D eigenvalue weighted by atomic mass is 9.97. The van der Waals surface area contributed by atoms with Crippen molar-refractivity contribution in [1.82, 2.24) is 9.29 Å². The summed E-state index contributed by atoms with van der Waals surface area (Å²) >= 11 is 2.50. The van der Waals surface area contributed by atoms with Crippen LogP contribution in [0.4, 0.5) is 10.8 Å². The average molecular weight is 523 g/mol. The van der Waals surface area contributed by atoms with Crippen molar-refractivity contribution in [2.75, 3.05) is 31.8 Å². The lowest BCUT2D eigenvalue weighted by molar-refractivity contribution is -0.384. The standard InChI is InChI=1S/C21H22N4O6S3/c1-31-15-11-14(25(27)28)12-17-19(15)22-21(33-17)23-20(26)13-7-9-24(10-8-13)34(29,30)18-6-4-3-5-16(18)32-2/h3-6,11-13H,7-10H2,1-2H3,(H,22,23,26). The third-order valence-corrected chi connectivity index (χ3v) is 9.42. The molecule has 1 aromatic heterocycles. The van der Waals surface area contributed by atoms with Crippen LogP contribution in [0.25, 0.3) is 10.2 Å². The third-order valence-electron chi connectivity index (χ3n) is 5.62. The van der Waals surface area contributed by atoms with Gasteiger partial charge in [-0.1, -0.05) is 23.5 Å². The van der Waals surface area contributed by atoms with Crippen LogP contribution >= 0.6 is 23.1 Å². The highest BCUT2D eigenvalue weighted by Gasteiger charge is 2.33. The molecule has 0 aliphatic carbocycles. The summed E-state index contributed by atoms with van der Waals surface area (Å²) in [6.07, 6.45) is 2.60. The molecule has 0 atom stereocenters. The molecule has 0 spiro atoms. The number of amides is 1. The van der Waals surface area contributed by atoms with Gasteiger partial charge in [-0.15, -0.1) is 11.8 Å². The first kappa shape index (κ1) is 24.4. The van der Waals surface area contributed by atoms with Gasteiger partial charge in [0.15, 0.2) is 10.9 Å². The number of sulfonamides is 1. The second-order valence-corrected chi connectivity index (χ2v) is 11.4. The van der Waals surface area contributed by atoms with Crippen LogP contribution in [0.5, 0.6) is 5.75 Å². The number of nitrogens with one attached hydrogen (secondary N) is 1. The number of aromatic nitrogens is 1. The Morgan fingerprint density at radius 3 is 2.65 bits per heavy atom. The van der Waals surface area contributed by atoms with E-state index in [4.69, 9.17) is 4.74 Å². The van der Waals surface area contributed by atoms with Gasteiger partial charge in [0.25, 0.3) is 5.69 Å². The van der Waals surface area contributed by atoms with Crippen molar-refractivity contribution in [3.63, 3.8) is 0 Å². The Bertz CT molecular complexity index is 1350. The lowest BCUT2D eigenvalue weighted by Gasteiger charge is -2.30. The smallest absolute Gasteiger partial charge is 0.274 e. The fourth-order valence-electron chi connectivity index (χ4n) is 3.84. The Morgan fingerprint density at radius 2 is 2.00 bits per heavy atom. The Labute approximate surface area is 204 Å². The highest BCUT2D eigenvalue weighted by Crippen LogP contribution is 2.37. The molecule has 1 amide bonds. The van der Waals surface area contributed by atoms with Crippen LogP contribution in [0.15, 0.2) is 46.2 Å². The second-order valence-electron chi connectivity index (χ2n) is 7.59. The molecule has 0 unspecified atom stereocenters. The average Bonchev–Trinajstić information content (AvgIpc) is 3.25. The zero-order chi connectivity index (χ0) is 24.5. The van der Waals surface area contributed by atoms with E-state index < -0.39 is 14.9 Å². The van der Waals surface area contributed by atoms with Crippen molar-refractivity contribution in [2.45, 2.75) is 22.6 Å². The van der Waals surface area contributed by atoms with Gasteiger partial charge in [0.1, 0.15) is 5.52 Å². The van der Waals surface area contributed by atoms with Gasteiger partial charge in [-0.2, -0.15) is 4.31 Å². The van der Waals surface area contributed by atoms with E-state index in [1.54, 1.807) is 24.3 Å².